The summed E-state index contributed by atoms with van der Waals surface area (Å²) < 4.78 is 27.8. The van der Waals surface area contributed by atoms with Crippen LogP contribution < -0.4 is 4.46 Å². The number of carbonyl (C=O) groups is 1. The first kappa shape index (κ1) is 17.5. The molecule has 1 atom stereocenters. The van der Waals surface area contributed by atoms with Crippen LogP contribution in [-0.2, 0) is 10.0 Å². The second-order valence-electron chi connectivity index (χ2n) is 5.36. The van der Waals surface area contributed by atoms with Crippen molar-refractivity contribution in [1.82, 2.24) is 4.31 Å². The molecule has 1 unspecified atom stereocenters. The Morgan fingerprint density at radius 3 is 2.38 bits per heavy atom. The Labute approximate surface area is 153 Å². The van der Waals surface area contributed by atoms with Crippen LogP contribution in [0.3, 0.4) is 0 Å². The molecule has 1 aliphatic rings. The number of alkyl halides is 1. The Morgan fingerprint density at radius 1 is 1.04 bits per heavy atom. The van der Waals surface area contributed by atoms with Crippen molar-refractivity contribution >= 4 is 47.0 Å². The normalized spacial score (nSPS) is 16.9. The molecule has 7 heteroatoms. The van der Waals surface area contributed by atoms with Gasteiger partial charge in [-0.05, 0) is 0 Å². The molecule has 0 radical (unpaired) electrons. The molecule has 0 saturated carbocycles. The fourth-order valence-electron chi connectivity index (χ4n) is 2.67. The molecule has 0 spiro atoms. The zero-order valence-electron chi connectivity index (χ0n) is 12.8. The molecule has 1 heterocycles. The van der Waals surface area contributed by atoms with E-state index in [0.717, 1.165) is 4.31 Å². The predicted molar refractivity (Wildman–Crippen MR) is 95.6 cm³/mol. The minimum atomic E-state index is -3.79. The van der Waals surface area contributed by atoms with Crippen LogP contribution in [0, 0.1) is 0 Å². The summed E-state index contributed by atoms with van der Waals surface area (Å²) in [4.78, 5) is 12.7. The van der Waals surface area contributed by atoms with Gasteiger partial charge < -0.3 is 0 Å². The topological polar surface area (TPSA) is 54.5 Å². The van der Waals surface area contributed by atoms with E-state index >= 15 is 0 Å². The van der Waals surface area contributed by atoms with Gasteiger partial charge in [-0.25, -0.2) is 0 Å². The van der Waals surface area contributed by atoms with Gasteiger partial charge in [-0.2, -0.15) is 0 Å². The van der Waals surface area contributed by atoms with Crippen molar-refractivity contribution in [3.8, 4) is 0 Å². The van der Waals surface area contributed by atoms with Gasteiger partial charge in [0.2, 0.25) is 0 Å². The first-order valence-corrected chi connectivity index (χ1v) is 11.5. The van der Waals surface area contributed by atoms with Gasteiger partial charge in [-0.3, -0.25) is 0 Å². The molecule has 0 fully saturated rings. The average Bonchev–Trinajstić information content (AvgIpc) is 2.80. The second kappa shape index (κ2) is 7.28. The van der Waals surface area contributed by atoms with Crippen molar-refractivity contribution in [2.75, 3.05) is 5.88 Å². The maximum absolute atomic E-state index is 12.8. The van der Waals surface area contributed by atoms with Crippen molar-refractivity contribution in [2.45, 2.75) is 22.7 Å². The summed E-state index contributed by atoms with van der Waals surface area (Å²) in [5, 5.41) is 0.614. The number of halogens is 1. The Bertz CT molecular complexity index is 842. The monoisotopic (exact) mass is 429 g/mol. The average molecular weight is 429 g/mol. The molecule has 0 aliphatic carbocycles. The fraction of sp³-hybridized carbons (Fsp3) is 0.235. The number of fused-ring (bicyclic) bond motifs is 1. The quantitative estimate of drug-likeness (QED) is 0.524. The summed E-state index contributed by atoms with van der Waals surface area (Å²) in [6, 6.07) is 15.9. The van der Waals surface area contributed by atoms with Crippen LogP contribution in [0.4, 0.5) is 0 Å². The number of benzene rings is 2. The van der Waals surface area contributed by atoms with E-state index in [4.69, 9.17) is 11.6 Å². The molecule has 2 aromatic rings. The van der Waals surface area contributed by atoms with Gasteiger partial charge >= 0.3 is 153 Å². The predicted octanol–water partition coefficient (Wildman–Crippen LogP) is 2.28. The van der Waals surface area contributed by atoms with Gasteiger partial charge in [-0.1, -0.05) is 0 Å². The molecule has 0 aromatic heterocycles. The molecule has 1 aliphatic heterocycles. The van der Waals surface area contributed by atoms with Gasteiger partial charge in [0, 0.05) is 0 Å². The zero-order valence-corrected chi connectivity index (χ0v) is 16.0. The van der Waals surface area contributed by atoms with Crippen LogP contribution in [0.15, 0.2) is 59.5 Å². The summed E-state index contributed by atoms with van der Waals surface area (Å²) in [7, 11) is -3.79. The van der Waals surface area contributed by atoms with E-state index in [9.17, 15) is 13.2 Å². The molecule has 0 N–H and O–H groups in total. The van der Waals surface area contributed by atoms with E-state index in [1.54, 1.807) is 18.2 Å². The van der Waals surface area contributed by atoms with E-state index in [1.165, 1.54) is 10.5 Å². The maximum atomic E-state index is 12.8. The third-order valence-electron chi connectivity index (χ3n) is 3.81. The van der Waals surface area contributed by atoms with Gasteiger partial charge in [0.15, 0.2) is 0 Å². The molecule has 2 aromatic carbocycles. The number of rotatable bonds is 6. The third kappa shape index (κ3) is 3.24. The van der Waals surface area contributed by atoms with Crippen LogP contribution in [0.25, 0.3) is 0 Å². The molecule has 0 bridgehead atoms. The molecule has 0 saturated heterocycles. The summed E-state index contributed by atoms with van der Waals surface area (Å²) in [6.07, 6.45) is 0.453. The molecular formula is C17H16ClNO3SSe. The first-order chi connectivity index (χ1) is 11.6. The van der Waals surface area contributed by atoms with Crippen molar-refractivity contribution < 1.29 is 13.2 Å². The Balaban J connectivity index is 1.88. The number of amides is 1. The standard InChI is InChI=1S/C17H16ClNO3SSe/c18-11-10-13(12-24-14-6-2-1-3-7-14)19-17(20)15-8-4-5-9-16(15)23(19,21)22/h1-9,13H,10-12H2. The third-order valence-corrected chi connectivity index (χ3v) is 8.35. The van der Waals surface area contributed by atoms with E-state index < -0.39 is 22.0 Å². The number of sulfonamides is 1. The van der Waals surface area contributed by atoms with Crippen LogP contribution in [0.5, 0.6) is 0 Å². The number of hydrogen-bond acceptors (Lipinski definition) is 3. The van der Waals surface area contributed by atoms with Crippen LogP contribution in [-0.4, -0.2) is 45.5 Å². The van der Waals surface area contributed by atoms with Gasteiger partial charge in [0.05, 0.1) is 0 Å². The zero-order chi connectivity index (χ0) is 17.2. The number of nitrogens with zero attached hydrogens (tertiary/aromatic N) is 1. The molecule has 1 amide bonds. The number of hydrogen-bond donors (Lipinski definition) is 0. The summed E-state index contributed by atoms with van der Waals surface area (Å²) in [5.41, 5.74) is 0.254. The molecule has 126 valence electrons. The fourth-order valence-corrected chi connectivity index (χ4v) is 7.12. The first-order valence-electron chi connectivity index (χ1n) is 7.47. The van der Waals surface area contributed by atoms with E-state index in [1.807, 2.05) is 30.3 Å². The molecule has 3 rings (SSSR count). The van der Waals surface area contributed by atoms with Gasteiger partial charge in [-0.15, -0.1) is 0 Å². The van der Waals surface area contributed by atoms with Crippen molar-refractivity contribution in [3.05, 3.63) is 60.2 Å². The Morgan fingerprint density at radius 2 is 1.71 bits per heavy atom. The van der Waals surface area contributed by atoms with Gasteiger partial charge in [0.25, 0.3) is 0 Å². The summed E-state index contributed by atoms with van der Waals surface area (Å²) in [6.45, 7) is 0. The minimum absolute atomic E-state index is 0.0720. The van der Waals surface area contributed by atoms with Crippen LogP contribution in [0.2, 0.25) is 5.32 Å². The van der Waals surface area contributed by atoms with Crippen LogP contribution >= 0.6 is 11.6 Å². The molecular weight excluding hydrogens is 413 g/mol. The number of carbonyl (C=O) groups excluding carboxylic acids is 1. The van der Waals surface area contributed by atoms with Crippen molar-refractivity contribution in [3.63, 3.8) is 0 Å². The van der Waals surface area contributed by atoms with Crippen molar-refractivity contribution in [1.29, 1.82) is 0 Å². The van der Waals surface area contributed by atoms with Gasteiger partial charge in [0.1, 0.15) is 0 Å². The molecule has 24 heavy (non-hydrogen) atoms. The summed E-state index contributed by atoms with van der Waals surface area (Å²) in [5.74, 6) is -0.130. The van der Waals surface area contributed by atoms with Crippen molar-refractivity contribution in [2.24, 2.45) is 0 Å². The van der Waals surface area contributed by atoms with E-state index in [2.05, 4.69) is 0 Å². The van der Waals surface area contributed by atoms with E-state index in [0.29, 0.717) is 17.6 Å². The van der Waals surface area contributed by atoms with E-state index in [-0.39, 0.29) is 25.4 Å². The Kier molecular flexibility index (Phi) is 5.30. The second-order valence-corrected chi connectivity index (χ2v) is 9.81. The molecule has 4 nitrogen and oxygen atoms in total. The summed E-state index contributed by atoms with van der Waals surface area (Å²) >= 11 is 5.95. The Hall–Kier alpha value is -1.33. The van der Waals surface area contributed by atoms with Crippen LogP contribution in [0.1, 0.15) is 16.8 Å². The SMILES string of the molecule is O=C1c2ccccc2S(=O)(=O)N1C(CCCl)C[Se]c1ccccc1.